The summed E-state index contributed by atoms with van der Waals surface area (Å²) in [5.74, 6) is 0.122. The minimum atomic E-state index is -3.73. The predicted octanol–water partition coefficient (Wildman–Crippen LogP) is 5.17. The standard InChI is InChI=1S/C23H24N2O3S/c1-16(2)18-12-14-19(15-13-18)24-23(26)21-10-7-11-22(17(21)3)25-29(27,28)20-8-5-4-6-9-20/h4-16,25H,1-3H3,(H,24,26). The first-order valence-electron chi connectivity index (χ1n) is 9.37. The fourth-order valence-corrected chi connectivity index (χ4v) is 4.09. The molecule has 0 aliphatic carbocycles. The predicted molar refractivity (Wildman–Crippen MR) is 117 cm³/mol. The van der Waals surface area contributed by atoms with Crippen LogP contribution >= 0.6 is 0 Å². The lowest BCUT2D eigenvalue weighted by Gasteiger charge is -2.14. The van der Waals surface area contributed by atoms with Gasteiger partial charge in [0.1, 0.15) is 0 Å². The molecule has 0 saturated carbocycles. The van der Waals surface area contributed by atoms with Crippen LogP contribution < -0.4 is 10.0 Å². The molecule has 29 heavy (non-hydrogen) atoms. The zero-order chi connectivity index (χ0) is 21.0. The van der Waals surface area contributed by atoms with Crippen LogP contribution in [0.1, 0.15) is 41.3 Å². The van der Waals surface area contributed by atoms with Gasteiger partial charge in [0.2, 0.25) is 0 Å². The van der Waals surface area contributed by atoms with Gasteiger partial charge in [-0.2, -0.15) is 0 Å². The monoisotopic (exact) mass is 408 g/mol. The molecule has 0 aromatic heterocycles. The summed E-state index contributed by atoms with van der Waals surface area (Å²) in [6.45, 7) is 5.94. The molecule has 0 unspecified atom stereocenters. The van der Waals surface area contributed by atoms with Crippen molar-refractivity contribution in [3.8, 4) is 0 Å². The fourth-order valence-electron chi connectivity index (χ4n) is 2.95. The number of amides is 1. The highest BCUT2D eigenvalue weighted by atomic mass is 32.2. The van der Waals surface area contributed by atoms with Gasteiger partial charge in [-0.05, 0) is 60.4 Å². The van der Waals surface area contributed by atoms with Crippen molar-refractivity contribution in [2.45, 2.75) is 31.6 Å². The summed E-state index contributed by atoms with van der Waals surface area (Å²) < 4.78 is 27.8. The van der Waals surface area contributed by atoms with Gasteiger partial charge in [-0.15, -0.1) is 0 Å². The Morgan fingerprint density at radius 3 is 2.14 bits per heavy atom. The molecule has 1 amide bonds. The first kappa shape index (κ1) is 20.6. The minimum Gasteiger partial charge on any atom is -0.322 e. The van der Waals surface area contributed by atoms with Crippen LogP contribution in [-0.2, 0) is 10.0 Å². The highest BCUT2D eigenvalue weighted by Gasteiger charge is 2.18. The summed E-state index contributed by atoms with van der Waals surface area (Å²) in [7, 11) is -3.73. The molecule has 0 fully saturated rings. The van der Waals surface area contributed by atoms with Crippen molar-refractivity contribution in [3.05, 3.63) is 89.5 Å². The van der Waals surface area contributed by atoms with E-state index in [1.807, 2.05) is 24.3 Å². The van der Waals surface area contributed by atoms with Crippen LogP contribution in [0.5, 0.6) is 0 Å². The SMILES string of the molecule is Cc1c(NS(=O)(=O)c2ccccc2)cccc1C(=O)Nc1ccc(C(C)C)cc1. The lowest BCUT2D eigenvalue weighted by atomic mass is 10.0. The van der Waals surface area contributed by atoms with Crippen LogP contribution in [-0.4, -0.2) is 14.3 Å². The molecule has 0 aliphatic rings. The van der Waals surface area contributed by atoms with Crippen LogP contribution in [0.25, 0.3) is 0 Å². The van der Waals surface area contributed by atoms with Gasteiger partial charge in [0.15, 0.2) is 0 Å². The van der Waals surface area contributed by atoms with E-state index in [-0.39, 0.29) is 10.8 Å². The van der Waals surface area contributed by atoms with Crippen molar-refractivity contribution < 1.29 is 13.2 Å². The van der Waals surface area contributed by atoms with E-state index in [0.717, 1.165) is 0 Å². The van der Waals surface area contributed by atoms with Gasteiger partial charge < -0.3 is 5.32 Å². The van der Waals surface area contributed by atoms with E-state index < -0.39 is 10.0 Å². The molecule has 0 spiro atoms. The maximum absolute atomic E-state index is 12.8. The summed E-state index contributed by atoms with van der Waals surface area (Å²) in [4.78, 5) is 12.9. The zero-order valence-electron chi connectivity index (χ0n) is 16.6. The number of rotatable bonds is 6. The molecule has 0 radical (unpaired) electrons. The Labute approximate surface area is 171 Å². The van der Waals surface area contributed by atoms with E-state index in [9.17, 15) is 13.2 Å². The smallest absolute Gasteiger partial charge is 0.261 e. The molecular weight excluding hydrogens is 384 g/mol. The van der Waals surface area contributed by atoms with Crippen molar-refractivity contribution in [1.82, 2.24) is 0 Å². The Morgan fingerprint density at radius 2 is 1.52 bits per heavy atom. The Hall–Kier alpha value is -3.12. The van der Waals surface area contributed by atoms with Crippen LogP contribution in [0.2, 0.25) is 0 Å². The summed E-state index contributed by atoms with van der Waals surface area (Å²) in [5, 5.41) is 2.87. The average Bonchev–Trinajstić information content (AvgIpc) is 2.70. The molecule has 2 N–H and O–H groups in total. The summed E-state index contributed by atoms with van der Waals surface area (Å²) in [6, 6.07) is 20.8. The molecule has 6 heteroatoms. The number of sulfonamides is 1. The van der Waals surface area contributed by atoms with Crippen LogP contribution in [0.3, 0.4) is 0 Å². The number of hydrogen-bond donors (Lipinski definition) is 2. The fraction of sp³-hybridized carbons (Fsp3) is 0.174. The number of benzene rings is 3. The van der Waals surface area contributed by atoms with Gasteiger partial charge >= 0.3 is 0 Å². The van der Waals surface area contributed by atoms with Crippen LogP contribution in [0.4, 0.5) is 11.4 Å². The average molecular weight is 409 g/mol. The first-order chi connectivity index (χ1) is 13.8. The third-order valence-electron chi connectivity index (χ3n) is 4.71. The van der Waals surface area contributed by atoms with Gasteiger partial charge in [-0.1, -0.05) is 50.2 Å². The normalized spacial score (nSPS) is 11.3. The third-order valence-corrected chi connectivity index (χ3v) is 6.09. The summed E-state index contributed by atoms with van der Waals surface area (Å²) in [6.07, 6.45) is 0. The van der Waals surface area contributed by atoms with Crippen LogP contribution in [0, 0.1) is 6.92 Å². The number of anilines is 2. The molecule has 150 valence electrons. The molecule has 0 heterocycles. The topological polar surface area (TPSA) is 75.3 Å². The summed E-state index contributed by atoms with van der Waals surface area (Å²) in [5.41, 5.74) is 3.22. The molecule has 3 aromatic carbocycles. The number of hydrogen-bond acceptors (Lipinski definition) is 3. The molecule has 0 aliphatic heterocycles. The summed E-state index contributed by atoms with van der Waals surface area (Å²) >= 11 is 0. The van der Waals surface area contributed by atoms with Crippen molar-refractivity contribution in [2.24, 2.45) is 0 Å². The number of nitrogens with one attached hydrogen (secondary N) is 2. The second-order valence-corrected chi connectivity index (χ2v) is 8.81. The van der Waals surface area contributed by atoms with Gasteiger partial charge in [-0.25, -0.2) is 8.42 Å². The molecule has 3 aromatic rings. The van der Waals surface area contributed by atoms with Crippen molar-refractivity contribution >= 4 is 27.3 Å². The van der Waals surface area contributed by atoms with Gasteiger partial charge in [0.05, 0.1) is 10.6 Å². The number of carbonyl (C=O) groups is 1. The molecule has 3 rings (SSSR count). The van der Waals surface area contributed by atoms with E-state index in [4.69, 9.17) is 0 Å². The van der Waals surface area contributed by atoms with E-state index in [1.54, 1.807) is 43.3 Å². The Bertz CT molecular complexity index is 1110. The van der Waals surface area contributed by atoms with E-state index in [0.29, 0.717) is 28.4 Å². The van der Waals surface area contributed by atoms with E-state index >= 15 is 0 Å². The van der Waals surface area contributed by atoms with Gasteiger partial charge in [-0.3, -0.25) is 9.52 Å². The maximum Gasteiger partial charge on any atom is 0.261 e. The van der Waals surface area contributed by atoms with Crippen molar-refractivity contribution in [2.75, 3.05) is 10.0 Å². The van der Waals surface area contributed by atoms with E-state index in [2.05, 4.69) is 23.9 Å². The second-order valence-electron chi connectivity index (χ2n) is 7.13. The quantitative estimate of drug-likeness (QED) is 0.591. The van der Waals surface area contributed by atoms with Crippen molar-refractivity contribution in [1.29, 1.82) is 0 Å². The highest BCUT2D eigenvalue weighted by molar-refractivity contribution is 7.92. The maximum atomic E-state index is 12.8. The van der Waals surface area contributed by atoms with Crippen LogP contribution in [0.15, 0.2) is 77.7 Å². The molecule has 0 atom stereocenters. The largest absolute Gasteiger partial charge is 0.322 e. The zero-order valence-corrected chi connectivity index (χ0v) is 17.5. The Balaban J connectivity index is 1.82. The lowest BCUT2D eigenvalue weighted by molar-refractivity contribution is 0.102. The minimum absolute atomic E-state index is 0.166. The Kier molecular flexibility index (Phi) is 6.03. The molecule has 0 saturated heterocycles. The van der Waals surface area contributed by atoms with Gasteiger partial charge in [0.25, 0.3) is 15.9 Å². The molecule has 0 bridgehead atoms. The third kappa shape index (κ3) is 4.84. The first-order valence-corrected chi connectivity index (χ1v) is 10.8. The number of carbonyl (C=O) groups excluding carboxylic acids is 1. The van der Waals surface area contributed by atoms with E-state index in [1.165, 1.54) is 17.7 Å². The highest BCUT2D eigenvalue weighted by Crippen LogP contribution is 2.24. The molecular formula is C23H24N2O3S. The second kappa shape index (κ2) is 8.49. The Morgan fingerprint density at radius 1 is 0.862 bits per heavy atom. The van der Waals surface area contributed by atoms with Gasteiger partial charge in [0, 0.05) is 11.3 Å². The van der Waals surface area contributed by atoms with Crippen molar-refractivity contribution in [3.63, 3.8) is 0 Å². The lowest BCUT2D eigenvalue weighted by Crippen LogP contribution is -2.17. The molecule has 5 nitrogen and oxygen atoms in total.